The minimum absolute atomic E-state index is 0.566. The minimum Gasteiger partial charge on any atom is -0.384 e. The van der Waals surface area contributed by atoms with E-state index in [1.165, 1.54) is 16.3 Å². The van der Waals surface area contributed by atoms with Gasteiger partial charge in [-0.25, -0.2) is 0 Å². The molecule has 1 unspecified atom stereocenters. The quantitative estimate of drug-likeness (QED) is 0.754. The second-order valence-corrected chi connectivity index (χ2v) is 4.40. The van der Waals surface area contributed by atoms with Gasteiger partial charge >= 0.3 is 0 Å². The summed E-state index contributed by atoms with van der Waals surface area (Å²) in [6.45, 7) is 3.05. The summed E-state index contributed by atoms with van der Waals surface area (Å²) in [5, 5.41) is 2.69. The predicted octanol–water partition coefficient (Wildman–Crippen LogP) is 3.66. The number of benzene rings is 2. The van der Waals surface area contributed by atoms with Crippen LogP contribution in [0.15, 0.2) is 42.5 Å². The molecule has 0 fully saturated rings. The summed E-state index contributed by atoms with van der Waals surface area (Å²) in [4.78, 5) is 0. The number of rotatable bonds is 4. The fraction of sp³-hybridized carbons (Fsp3) is 0.333. The molecule has 0 spiro atoms. The molecule has 0 aliphatic carbocycles. The van der Waals surface area contributed by atoms with E-state index in [4.69, 9.17) is 4.74 Å². The van der Waals surface area contributed by atoms with Gasteiger partial charge in [0.15, 0.2) is 0 Å². The molecule has 2 rings (SSSR count). The average Bonchev–Trinajstić information content (AvgIpc) is 2.30. The average molecular weight is 214 g/mol. The summed E-state index contributed by atoms with van der Waals surface area (Å²) in [5.74, 6) is 0.566. The molecule has 0 amide bonds. The van der Waals surface area contributed by atoms with Crippen LogP contribution in [-0.2, 0) is 11.2 Å². The van der Waals surface area contributed by atoms with Crippen LogP contribution in [0.1, 0.15) is 12.5 Å². The Balaban J connectivity index is 2.30. The topological polar surface area (TPSA) is 9.23 Å². The zero-order valence-corrected chi connectivity index (χ0v) is 9.94. The molecule has 0 saturated heterocycles. The van der Waals surface area contributed by atoms with Gasteiger partial charge in [0.1, 0.15) is 0 Å². The third kappa shape index (κ3) is 2.42. The minimum atomic E-state index is 0.566. The van der Waals surface area contributed by atoms with Crippen LogP contribution in [-0.4, -0.2) is 13.7 Å². The van der Waals surface area contributed by atoms with Crippen molar-refractivity contribution in [3.63, 3.8) is 0 Å². The normalized spacial score (nSPS) is 12.9. The third-order valence-electron chi connectivity index (χ3n) is 2.90. The lowest BCUT2D eigenvalue weighted by atomic mass is 9.96. The SMILES string of the molecule is COCC(C)Cc1cccc2ccccc12. The summed E-state index contributed by atoms with van der Waals surface area (Å²) >= 11 is 0. The highest BCUT2D eigenvalue weighted by atomic mass is 16.5. The Labute approximate surface area is 97.1 Å². The first-order valence-corrected chi connectivity index (χ1v) is 5.77. The predicted molar refractivity (Wildman–Crippen MR) is 68.7 cm³/mol. The van der Waals surface area contributed by atoms with Gasteiger partial charge in [0.05, 0.1) is 0 Å². The van der Waals surface area contributed by atoms with Crippen molar-refractivity contribution in [2.24, 2.45) is 5.92 Å². The van der Waals surface area contributed by atoms with E-state index >= 15 is 0 Å². The van der Waals surface area contributed by atoms with Crippen molar-refractivity contribution in [3.8, 4) is 0 Å². The Morgan fingerprint density at radius 1 is 1.06 bits per heavy atom. The molecule has 2 aromatic carbocycles. The van der Waals surface area contributed by atoms with Crippen LogP contribution in [0.3, 0.4) is 0 Å². The maximum atomic E-state index is 5.19. The Kier molecular flexibility index (Phi) is 3.58. The fourth-order valence-corrected chi connectivity index (χ4v) is 2.19. The maximum absolute atomic E-state index is 5.19. The Hall–Kier alpha value is -1.34. The highest BCUT2D eigenvalue weighted by molar-refractivity contribution is 5.85. The molecule has 0 bridgehead atoms. The second-order valence-electron chi connectivity index (χ2n) is 4.40. The van der Waals surface area contributed by atoms with Crippen molar-refractivity contribution in [1.82, 2.24) is 0 Å². The Morgan fingerprint density at radius 3 is 2.62 bits per heavy atom. The lowest BCUT2D eigenvalue weighted by Gasteiger charge is -2.12. The van der Waals surface area contributed by atoms with Crippen molar-refractivity contribution in [3.05, 3.63) is 48.0 Å². The number of hydrogen-bond acceptors (Lipinski definition) is 1. The van der Waals surface area contributed by atoms with Crippen LogP contribution in [0.2, 0.25) is 0 Å². The van der Waals surface area contributed by atoms with Crippen molar-refractivity contribution in [2.75, 3.05) is 13.7 Å². The largest absolute Gasteiger partial charge is 0.384 e. The molecule has 0 aliphatic rings. The van der Waals surface area contributed by atoms with E-state index in [1.54, 1.807) is 7.11 Å². The van der Waals surface area contributed by atoms with Gasteiger partial charge in [0.25, 0.3) is 0 Å². The van der Waals surface area contributed by atoms with Gasteiger partial charge in [-0.1, -0.05) is 49.4 Å². The first-order valence-electron chi connectivity index (χ1n) is 5.77. The lowest BCUT2D eigenvalue weighted by molar-refractivity contribution is 0.160. The summed E-state index contributed by atoms with van der Waals surface area (Å²) < 4.78 is 5.19. The van der Waals surface area contributed by atoms with Gasteiger partial charge < -0.3 is 4.74 Å². The van der Waals surface area contributed by atoms with Gasteiger partial charge in [-0.05, 0) is 28.7 Å². The Morgan fingerprint density at radius 2 is 1.81 bits per heavy atom. The monoisotopic (exact) mass is 214 g/mol. The molecule has 1 heteroatoms. The first kappa shape index (κ1) is 11.2. The molecule has 1 atom stereocenters. The van der Waals surface area contributed by atoms with Crippen molar-refractivity contribution < 1.29 is 4.74 Å². The van der Waals surface area contributed by atoms with Gasteiger partial charge in [-0.15, -0.1) is 0 Å². The number of fused-ring (bicyclic) bond motifs is 1. The van der Waals surface area contributed by atoms with Crippen LogP contribution in [0, 0.1) is 5.92 Å². The van der Waals surface area contributed by atoms with E-state index in [0.29, 0.717) is 5.92 Å². The number of methoxy groups -OCH3 is 1. The fourth-order valence-electron chi connectivity index (χ4n) is 2.19. The zero-order valence-electron chi connectivity index (χ0n) is 9.94. The lowest BCUT2D eigenvalue weighted by Crippen LogP contribution is -2.07. The molecule has 1 nitrogen and oxygen atoms in total. The van der Waals surface area contributed by atoms with E-state index in [9.17, 15) is 0 Å². The molecule has 0 N–H and O–H groups in total. The smallest absolute Gasteiger partial charge is 0.0491 e. The van der Waals surface area contributed by atoms with E-state index in [-0.39, 0.29) is 0 Å². The van der Waals surface area contributed by atoms with E-state index in [0.717, 1.165) is 13.0 Å². The van der Waals surface area contributed by atoms with Crippen LogP contribution in [0.25, 0.3) is 10.8 Å². The summed E-state index contributed by atoms with van der Waals surface area (Å²) in [6, 6.07) is 15.1. The first-order chi connectivity index (χ1) is 7.81. The van der Waals surface area contributed by atoms with Crippen LogP contribution in [0.4, 0.5) is 0 Å². The molecule has 0 heterocycles. The van der Waals surface area contributed by atoms with Crippen LogP contribution < -0.4 is 0 Å². The molecular weight excluding hydrogens is 196 g/mol. The van der Waals surface area contributed by atoms with Gasteiger partial charge in [0, 0.05) is 13.7 Å². The highest BCUT2D eigenvalue weighted by Gasteiger charge is 2.05. The maximum Gasteiger partial charge on any atom is 0.0491 e. The van der Waals surface area contributed by atoms with Crippen LogP contribution >= 0.6 is 0 Å². The van der Waals surface area contributed by atoms with E-state index in [1.807, 2.05) is 0 Å². The summed E-state index contributed by atoms with van der Waals surface area (Å²) in [7, 11) is 1.76. The molecule has 0 aromatic heterocycles. The van der Waals surface area contributed by atoms with Gasteiger partial charge in [-0.3, -0.25) is 0 Å². The standard InChI is InChI=1S/C15H18O/c1-12(11-16-2)10-14-8-5-7-13-6-3-4-9-15(13)14/h3-9,12H,10-11H2,1-2H3. The van der Waals surface area contributed by atoms with Crippen LogP contribution in [0.5, 0.6) is 0 Å². The van der Waals surface area contributed by atoms with Crippen molar-refractivity contribution in [1.29, 1.82) is 0 Å². The van der Waals surface area contributed by atoms with E-state index in [2.05, 4.69) is 49.4 Å². The molecule has 2 aromatic rings. The summed E-state index contributed by atoms with van der Waals surface area (Å²) in [5.41, 5.74) is 1.42. The zero-order chi connectivity index (χ0) is 11.4. The molecule has 84 valence electrons. The third-order valence-corrected chi connectivity index (χ3v) is 2.90. The highest BCUT2D eigenvalue weighted by Crippen LogP contribution is 2.21. The molecule has 0 aliphatic heterocycles. The van der Waals surface area contributed by atoms with Crippen molar-refractivity contribution in [2.45, 2.75) is 13.3 Å². The molecule has 16 heavy (non-hydrogen) atoms. The molecule has 0 saturated carbocycles. The second kappa shape index (κ2) is 5.13. The summed E-state index contributed by atoms with van der Waals surface area (Å²) in [6.07, 6.45) is 1.08. The Bertz CT molecular complexity index is 456. The van der Waals surface area contributed by atoms with Gasteiger partial charge in [-0.2, -0.15) is 0 Å². The number of ether oxygens (including phenoxy) is 1. The molecular formula is C15H18O. The van der Waals surface area contributed by atoms with Gasteiger partial charge in [0.2, 0.25) is 0 Å². The molecule has 0 radical (unpaired) electrons. The van der Waals surface area contributed by atoms with E-state index < -0.39 is 0 Å². The van der Waals surface area contributed by atoms with Crippen molar-refractivity contribution >= 4 is 10.8 Å². The number of hydrogen-bond donors (Lipinski definition) is 0.